The van der Waals surface area contributed by atoms with Crippen molar-refractivity contribution in [2.75, 3.05) is 0 Å². The molecule has 0 saturated carbocycles. The third-order valence-corrected chi connectivity index (χ3v) is 1.28. The molecule has 4 nitrogen and oxygen atoms in total. The lowest BCUT2D eigenvalue weighted by atomic mass is 10.2. The van der Waals surface area contributed by atoms with Crippen LogP contribution in [0.15, 0.2) is 0 Å². The van der Waals surface area contributed by atoms with Gasteiger partial charge in [-0.1, -0.05) is 0 Å². The first kappa shape index (κ1) is 10.5. The van der Waals surface area contributed by atoms with Crippen molar-refractivity contribution in [2.45, 2.75) is 19.3 Å². The molecule has 0 atom stereocenters. The van der Waals surface area contributed by atoms with Crippen LogP contribution in [0.1, 0.15) is 19.3 Å². The first-order valence-corrected chi connectivity index (χ1v) is 3.45. The van der Waals surface area contributed by atoms with Crippen LogP contribution in [0, 0.1) is 0 Å². The Balaban J connectivity index is 3.27. The minimum atomic E-state index is -0.575. The Kier molecular flexibility index (Phi) is 5.97. The van der Waals surface area contributed by atoms with Crippen molar-refractivity contribution in [1.82, 2.24) is 0 Å². The van der Waals surface area contributed by atoms with E-state index in [1.165, 1.54) is 0 Å². The van der Waals surface area contributed by atoms with Crippen molar-refractivity contribution in [1.29, 1.82) is 0 Å². The van der Waals surface area contributed by atoms with Gasteiger partial charge in [-0.25, -0.2) is 0 Å². The lowest BCUT2D eigenvalue weighted by Crippen LogP contribution is -2.00. The van der Waals surface area contributed by atoms with Gasteiger partial charge in [0.05, 0.1) is 0 Å². The molecule has 0 aliphatic rings. The average Bonchev–Trinajstić information content (AvgIpc) is 2.04. The molecule has 0 aromatic heterocycles. The van der Waals surface area contributed by atoms with E-state index in [2.05, 4.69) is 8.58 Å². The van der Waals surface area contributed by atoms with Crippen LogP contribution in [0.4, 0.5) is 0 Å². The molecule has 0 aromatic carbocycles. The van der Waals surface area contributed by atoms with Crippen molar-refractivity contribution in [3.8, 4) is 0 Å². The van der Waals surface area contributed by atoms with Crippen molar-refractivity contribution >= 4 is 35.7 Å². The fraction of sp³-hybridized carbons (Fsp3) is 0.600. The quantitative estimate of drug-likeness (QED) is 0.692. The van der Waals surface area contributed by atoms with Crippen molar-refractivity contribution in [3.05, 3.63) is 0 Å². The smallest absolute Gasteiger partial charge is 0.324 e. The molecule has 0 aromatic rings. The summed E-state index contributed by atoms with van der Waals surface area (Å²) in [5.41, 5.74) is 0. The predicted molar refractivity (Wildman–Crippen MR) is 37.7 cm³/mol. The number of hydrogen-bond acceptors (Lipinski definition) is 4. The zero-order valence-corrected chi connectivity index (χ0v) is 7.02. The number of carbonyl (C=O) groups is 2. The van der Waals surface area contributed by atoms with E-state index < -0.39 is 11.9 Å². The molecule has 0 N–H and O–H groups in total. The molecule has 0 rings (SSSR count). The maximum absolute atomic E-state index is 10.3. The van der Waals surface area contributed by atoms with Gasteiger partial charge in [0.15, 0.2) is 0 Å². The Morgan fingerprint density at radius 3 is 1.64 bits per heavy atom. The van der Waals surface area contributed by atoms with Gasteiger partial charge in [-0.3, -0.25) is 9.59 Å². The van der Waals surface area contributed by atoms with Crippen LogP contribution >= 0.6 is 23.7 Å². The summed E-state index contributed by atoms with van der Waals surface area (Å²) >= 11 is 9.42. The number of halogens is 2. The van der Waals surface area contributed by atoms with E-state index in [-0.39, 0.29) is 12.8 Å². The van der Waals surface area contributed by atoms with Crippen LogP contribution in [-0.4, -0.2) is 11.9 Å². The predicted octanol–water partition coefficient (Wildman–Crippen LogP) is 1.55. The molecule has 6 heteroatoms. The van der Waals surface area contributed by atoms with Crippen LogP contribution in [0.2, 0.25) is 0 Å². The second-order valence-corrected chi connectivity index (χ2v) is 2.06. The zero-order valence-electron chi connectivity index (χ0n) is 5.51. The van der Waals surface area contributed by atoms with E-state index in [4.69, 9.17) is 23.7 Å². The van der Waals surface area contributed by atoms with Crippen LogP contribution in [-0.2, 0) is 18.2 Å². The Morgan fingerprint density at radius 1 is 1.00 bits per heavy atom. The highest BCUT2D eigenvalue weighted by atomic mass is 35.5. The highest BCUT2D eigenvalue weighted by molar-refractivity contribution is 6.13. The SMILES string of the molecule is O=C(CCCC(=O)OCl)OCl. The van der Waals surface area contributed by atoms with Crippen molar-refractivity contribution in [2.24, 2.45) is 0 Å². The van der Waals surface area contributed by atoms with Crippen LogP contribution in [0.5, 0.6) is 0 Å². The van der Waals surface area contributed by atoms with E-state index in [9.17, 15) is 9.59 Å². The molecule has 0 unspecified atom stereocenters. The molecule has 0 bridgehead atoms. The molecule has 0 saturated heterocycles. The first-order chi connectivity index (χ1) is 5.20. The van der Waals surface area contributed by atoms with Gasteiger partial charge in [0.25, 0.3) is 0 Å². The van der Waals surface area contributed by atoms with Crippen molar-refractivity contribution in [3.63, 3.8) is 0 Å². The molecule has 0 fully saturated rings. The Labute approximate surface area is 73.7 Å². The summed E-state index contributed by atoms with van der Waals surface area (Å²) in [4.78, 5) is 20.7. The molecular formula is C5H6Cl2O4. The van der Waals surface area contributed by atoms with Crippen LogP contribution in [0.3, 0.4) is 0 Å². The van der Waals surface area contributed by atoms with Gasteiger partial charge in [-0.2, -0.15) is 0 Å². The maximum atomic E-state index is 10.3. The normalized spacial score (nSPS) is 8.91. The summed E-state index contributed by atoms with van der Waals surface area (Å²) < 4.78 is 7.63. The maximum Gasteiger partial charge on any atom is 0.324 e. The largest absolute Gasteiger partial charge is 0.348 e. The lowest BCUT2D eigenvalue weighted by molar-refractivity contribution is -0.135. The summed E-state index contributed by atoms with van der Waals surface area (Å²) in [7, 11) is 0. The Bertz CT molecular complexity index is 131. The second-order valence-electron chi connectivity index (χ2n) is 1.75. The molecule has 0 amide bonds. The van der Waals surface area contributed by atoms with Crippen LogP contribution in [0.25, 0.3) is 0 Å². The van der Waals surface area contributed by atoms with Gasteiger partial charge in [-0.15, -0.1) is 0 Å². The number of rotatable bonds is 4. The molecule has 0 spiro atoms. The minimum Gasteiger partial charge on any atom is -0.348 e. The third-order valence-electron chi connectivity index (χ3n) is 0.934. The van der Waals surface area contributed by atoms with E-state index >= 15 is 0 Å². The van der Waals surface area contributed by atoms with Gasteiger partial charge >= 0.3 is 11.9 Å². The van der Waals surface area contributed by atoms with E-state index in [0.717, 1.165) is 0 Å². The summed E-state index contributed by atoms with van der Waals surface area (Å²) in [6.45, 7) is 0. The highest BCUT2D eigenvalue weighted by Gasteiger charge is 2.05. The van der Waals surface area contributed by atoms with Gasteiger partial charge in [-0.05, 0) is 6.42 Å². The van der Waals surface area contributed by atoms with Gasteiger partial charge in [0.1, 0.15) is 23.7 Å². The summed E-state index contributed by atoms with van der Waals surface area (Å²) in [6.07, 6.45) is 0.474. The second kappa shape index (κ2) is 6.24. The fourth-order valence-corrected chi connectivity index (χ4v) is 0.609. The topological polar surface area (TPSA) is 52.6 Å². The Morgan fingerprint density at radius 2 is 1.36 bits per heavy atom. The lowest BCUT2D eigenvalue weighted by Gasteiger charge is -1.94. The van der Waals surface area contributed by atoms with Gasteiger partial charge in [0.2, 0.25) is 0 Å². The third kappa shape index (κ3) is 5.94. The zero-order chi connectivity index (χ0) is 8.69. The summed E-state index contributed by atoms with van der Waals surface area (Å²) in [5, 5.41) is 0. The molecule has 64 valence electrons. The minimum absolute atomic E-state index is 0.0789. The van der Waals surface area contributed by atoms with E-state index in [1.54, 1.807) is 0 Å². The monoisotopic (exact) mass is 200 g/mol. The fourth-order valence-electron chi connectivity index (χ4n) is 0.454. The molecule has 0 aliphatic carbocycles. The molecular weight excluding hydrogens is 195 g/mol. The molecule has 0 radical (unpaired) electrons. The summed E-state index contributed by atoms with van der Waals surface area (Å²) in [5.74, 6) is -1.15. The van der Waals surface area contributed by atoms with E-state index in [0.29, 0.717) is 6.42 Å². The molecule has 0 aliphatic heterocycles. The highest BCUT2D eigenvalue weighted by Crippen LogP contribution is 2.01. The number of hydrogen-bond donors (Lipinski definition) is 0. The Hall–Kier alpha value is -0.480. The average molecular weight is 201 g/mol. The van der Waals surface area contributed by atoms with E-state index in [1.807, 2.05) is 0 Å². The standard InChI is InChI=1S/C5H6Cl2O4/c6-10-4(8)2-1-3-5(9)11-7/h1-3H2. The van der Waals surface area contributed by atoms with Crippen LogP contribution < -0.4 is 0 Å². The number of carbonyl (C=O) groups excluding carboxylic acids is 2. The molecule has 11 heavy (non-hydrogen) atoms. The van der Waals surface area contributed by atoms with Crippen molar-refractivity contribution < 1.29 is 18.2 Å². The van der Waals surface area contributed by atoms with Gasteiger partial charge < -0.3 is 8.58 Å². The molecule has 0 heterocycles. The van der Waals surface area contributed by atoms with Gasteiger partial charge in [0, 0.05) is 12.8 Å². The summed E-state index contributed by atoms with van der Waals surface area (Å²) in [6, 6.07) is 0. The first-order valence-electron chi connectivity index (χ1n) is 2.83.